The lowest BCUT2D eigenvalue weighted by atomic mass is 10.2. The summed E-state index contributed by atoms with van der Waals surface area (Å²) in [6, 6.07) is 16.0. The van der Waals surface area contributed by atoms with E-state index in [-0.39, 0.29) is 22.5 Å². The van der Waals surface area contributed by atoms with Gasteiger partial charge in [0, 0.05) is 24.3 Å². The van der Waals surface area contributed by atoms with Crippen molar-refractivity contribution in [1.82, 2.24) is 0 Å². The minimum atomic E-state index is -0.744. The van der Waals surface area contributed by atoms with Crippen LogP contribution >= 0.6 is 0 Å². The van der Waals surface area contributed by atoms with Crippen LogP contribution in [0.25, 0.3) is 0 Å². The molecule has 3 aromatic carbocycles. The summed E-state index contributed by atoms with van der Waals surface area (Å²) in [5.41, 5.74) is 2.90. The quantitative estimate of drug-likeness (QED) is 0.319. The highest BCUT2D eigenvalue weighted by Gasteiger charge is 2.12. The third kappa shape index (κ3) is 5.54. The van der Waals surface area contributed by atoms with Crippen molar-refractivity contribution >= 4 is 34.6 Å². The van der Waals surface area contributed by atoms with Crippen LogP contribution in [0.5, 0.6) is 0 Å². The smallest absolute Gasteiger partial charge is 0.338 e. The Labute approximate surface area is 179 Å². The molecule has 0 fully saturated rings. The third-order valence-electron chi connectivity index (χ3n) is 4.00. The number of anilines is 1. The van der Waals surface area contributed by atoms with Crippen molar-refractivity contribution in [3.63, 3.8) is 0 Å². The van der Waals surface area contributed by atoms with Crippen molar-refractivity contribution in [2.45, 2.75) is 0 Å². The second-order valence-corrected chi connectivity index (χ2v) is 6.16. The molecule has 12 heteroatoms. The van der Waals surface area contributed by atoms with Crippen LogP contribution in [-0.4, -0.2) is 21.7 Å². The number of amides is 1. The van der Waals surface area contributed by atoms with Gasteiger partial charge in [-0.2, -0.15) is 0 Å². The van der Waals surface area contributed by atoms with Crippen molar-refractivity contribution in [1.29, 1.82) is 0 Å². The summed E-state index contributed by atoms with van der Waals surface area (Å²) in [7, 11) is 0. The Kier molecular flexibility index (Phi) is 6.56. The molecule has 0 saturated heterocycles. The first-order valence-electron chi connectivity index (χ1n) is 8.86. The summed E-state index contributed by atoms with van der Waals surface area (Å²) < 4.78 is 0. The van der Waals surface area contributed by atoms with Crippen LogP contribution in [-0.2, 0) is 4.84 Å². The van der Waals surface area contributed by atoms with E-state index >= 15 is 0 Å². The number of non-ortho nitro benzene ring substituents is 2. The maximum atomic E-state index is 12.0. The Balaban J connectivity index is 1.57. The normalized spacial score (nSPS) is 10.5. The van der Waals surface area contributed by atoms with E-state index in [1.807, 2.05) is 0 Å². The van der Waals surface area contributed by atoms with E-state index in [1.165, 1.54) is 66.7 Å². The number of hydrogen-bond donors (Lipinski definition) is 1. The number of nitrogens with one attached hydrogen (secondary N) is 1. The van der Waals surface area contributed by atoms with Gasteiger partial charge in [0.25, 0.3) is 17.3 Å². The number of azo groups is 1. The summed E-state index contributed by atoms with van der Waals surface area (Å²) in [5, 5.41) is 28.7. The molecule has 0 aliphatic heterocycles. The maximum Gasteiger partial charge on any atom is 0.362 e. The summed E-state index contributed by atoms with van der Waals surface area (Å²) >= 11 is 0. The van der Waals surface area contributed by atoms with Gasteiger partial charge in [-0.05, 0) is 42.5 Å². The molecule has 0 aromatic heterocycles. The molecular formula is C20H13N5O7. The summed E-state index contributed by atoms with van der Waals surface area (Å²) in [4.78, 5) is 49.2. The van der Waals surface area contributed by atoms with Crippen LogP contribution < -0.4 is 5.48 Å². The number of rotatable bonds is 7. The second kappa shape index (κ2) is 9.67. The monoisotopic (exact) mass is 435 g/mol. The maximum absolute atomic E-state index is 12.0. The molecule has 0 radical (unpaired) electrons. The van der Waals surface area contributed by atoms with Crippen molar-refractivity contribution in [2.24, 2.45) is 10.2 Å². The van der Waals surface area contributed by atoms with Gasteiger partial charge in [-0.3, -0.25) is 25.0 Å². The van der Waals surface area contributed by atoms with Crippen molar-refractivity contribution in [3.05, 3.63) is 104 Å². The largest absolute Gasteiger partial charge is 0.362 e. The number of nitro groups is 2. The van der Waals surface area contributed by atoms with E-state index < -0.39 is 21.7 Å². The Bertz CT molecular complexity index is 1210. The van der Waals surface area contributed by atoms with E-state index in [1.54, 1.807) is 0 Å². The van der Waals surface area contributed by atoms with Crippen molar-refractivity contribution < 1.29 is 24.3 Å². The molecule has 3 rings (SSSR count). The first kappa shape index (κ1) is 21.7. The Morgan fingerprint density at radius 1 is 0.812 bits per heavy atom. The lowest BCUT2D eigenvalue weighted by molar-refractivity contribution is -0.385. The average molecular weight is 435 g/mol. The van der Waals surface area contributed by atoms with Crippen LogP contribution in [0.2, 0.25) is 0 Å². The van der Waals surface area contributed by atoms with Crippen molar-refractivity contribution in [2.75, 3.05) is 5.48 Å². The summed E-state index contributed by atoms with van der Waals surface area (Å²) in [6.07, 6.45) is 0. The number of nitrogens with zero attached hydrogens (tertiary/aromatic N) is 4. The van der Waals surface area contributed by atoms with Crippen LogP contribution in [0.4, 0.5) is 22.7 Å². The number of benzene rings is 3. The lowest BCUT2D eigenvalue weighted by Crippen LogP contribution is -2.10. The van der Waals surface area contributed by atoms with Gasteiger partial charge in [-0.25, -0.2) is 10.3 Å². The molecule has 0 spiro atoms. The van der Waals surface area contributed by atoms with E-state index in [4.69, 9.17) is 4.84 Å². The fourth-order valence-electron chi connectivity index (χ4n) is 2.39. The number of carbonyl (C=O) groups excluding carboxylic acids is 2. The van der Waals surface area contributed by atoms with Gasteiger partial charge in [0.15, 0.2) is 0 Å². The van der Waals surface area contributed by atoms with Gasteiger partial charge < -0.3 is 4.84 Å². The topological polar surface area (TPSA) is 166 Å². The zero-order valence-corrected chi connectivity index (χ0v) is 16.1. The van der Waals surface area contributed by atoms with E-state index in [9.17, 15) is 29.8 Å². The fourth-order valence-corrected chi connectivity index (χ4v) is 2.39. The van der Waals surface area contributed by atoms with Crippen LogP contribution in [0.15, 0.2) is 83.0 Å². The summed E-state index contributed by atoms with van der Waals surface area (Å²) in [5.74, 6) is -1.49. The minimum absolute atomic E-state index is 0.0272. The van der Waals surface area contributed by atoms with E-state index in [0.717, 1.165) is 6.07 Å². The SMILES string of the molecule is O=C(N=Nc1ccc(NOC(=O)c2ccc([N+](=O)[O-])cc2)cc1)c1cccc([N+](=O)[O-])c1. The number of hydrogen-bond acceptors (Lipinski definition) is 9. The highest BCUT2D eigenvalue weighted by Crippen LogP contribution is 2.19. The molecule has 0 aliphatic rings. The molecule has 0 unspecified atom stereocenters. The standard InChI is InChI=1S/C20H13N5O7/c26-19(14-2-1-3-18(12-14)25(30)31)22-21-15-6-8-16(9-7-15)23-32-20(27)13-4-10-17(11-5-13)24(28)29/h1-12,23H. The van der Waals surface area contributed by atoms with Crippen LogP contribution in [0.3, 0.4) is 0 Å². The van der Waals surface area contributed by atoms with Gasteiger partial charge in [0.2, 0.25) is 0 Å². The molecule has 3 aromatic rings. The van der Waals surface area contributed by atoms with Crippen LogP contribution in [0.1, 0.15) is 20.7 Å². The van der Waals surface area contributed by atoms with Crippen LogP contribution in [0, 0.1) is 20.2 Å². The second-order valence-electron chi connectivity index (χ2n) is 6.16. The number of carbonyl (C=O) groups is 2. The van der Waals surface area contributed by atoms with Gasteiger partial charge in [0.05, 0.1) is 32.3 Å². The molecule has 0 atom stereocenters. The minimum Gasteiger partial charge on any atom is -0.338 e. The molecule has 1 amide bonds. The molecular weight excluding hydrogens is 422 g/mol. The Hall–Kier alpha value is -5.00. The molecule has 160 valence electrons. The predicted octanol–water partition coefficient (Wildman–Crippen LogP) is 4.61. The highest BCUT2D eigenvalue weighted by atomic mass is 16.7. The zero-order valence-electron chi connectivity index (χ0n) is 16.1. The van der Waals surface area contributed by atoms with Crippen molar-refractivity contribution in [3.8, 4) is 0 Å². The first-order chi connectivity index (χ1) is 15.3. The van der Waals surface area contributed by atoms with Gasteiger partial charge in [-0.15, -0.1) is 10.2 Å². The van der Waals surface area contributed by atoms with Gasteiger partial charge >= 0.3 is 5.97 Å². The molecule has 0 aliphatic carbocycles. The predicted molar refractivity (Wildman–Crippen MR) is 111 cm³/mol. The van der Waals surface area contributed by atoms with Gasteiger partial charge in [0.1, 0.15) is 0 Å². The highest BCUT2D eigenvalue weighted by molar-refractivity contribution is 5.95. The average Bonchev–Trinajstić information content (AvgIpc) is 2.81. The molecule has 12 nitrogen and oxygen atoms in total. The molecule has 32 heavy (non-hydrogen) atoms. The van der Waals surface area contributed by atoms with E-state index in [0.29, 0.717) is 11.4 Å². The third-order valence-corrected chi connectivity index (χ3v) is 4.00. The fraction of sp³-hybridized carbons (Fsp3) is 0. The van der Waals surface area contributed by atoms with E-state index in [2.05, 4.69) is 15.7 Å². The molecule has 0 heterocycles. The molecule has 0 bridgehead atoms. The summed E-state index contributed by atoms with van der Waals surface area (Å²) in [6.45, 7) is 0. The molecule has 0 saturated carbocycles. The number of nitro benzene ring substituents is 2. The Morgan fingerprint density at radius 2 is 1.47 bits per heavy atom. The van der Waals surface area contributed by atoms with Gasteiger partial charge in [-0.1, -0.05) is 6.07 Å². The zero-order chi connectivity index (χ0) is 23.1. The Morgan fingerprint density at radius 3 is 2.09 bits per heavy atom. The molecule has 1 N–H and O–H groups in total. The lowest BCUT2D eigenvalue weighted by Gasteiger charge is -2.06. The first-order valence-corrected chi connectivity index (χ1v) is 8.86.